The van der Waals surface area contributed by atoms with Crippen molar-refractivity contribution in [2.24, 2.45) is 5.92 Å². The molecule has 12 heteroatoms. The molecule has 3 aliphatic heterocycles. The van der Waals surface area contributed by atoms with Crippen molar-refractivity contribution < 1.29 is 34.1 Å². The first-order chi connectivity index (χ1) is 31.3. The molecular weight excluding hydrogens is 807 g/mol. The molecule has 324 valence electrons. The van der Waals surface area contributed by atoms with Crippen molar-refractivity contribution in [3.63, 3.8) is 0 Å². The number of cyclic esters (lactones) is 1. The van der Waals surface area contributed by atoms with Crippen LogP contribution in [0.3, 0.4) is 0 Å². The zero-order valence-corrected chi connectivity index (χ0v) is 35.2. The molecule has 0 unspecified atom stereocenters. The summed E-state index contributed by atoms with van der Waals surface area (Å²) in [6, 6.07) is 36.6. The Bertz CT molecular complexity index is 2740. The molecule has 12 nitrogen and oxygen atoms in total. The molecule has 0 radical (unpaired) electrons. The number of H-pyrrole nitrogens is 1. The molecule has 2 amide bonds. The fourth-order valence-corrected chi connectivity index (χ4v) is 10.6. The number of carbonyl (C=O) groups is 3. The van der Waals surface area contributed by atoms with Gasteiger partial charge in [-0.3, -0.25) is 19.3 Å². The summed E-state index contributed by atoms with van der Waals surface area (Å²) < 4.78 is 12.5. The number of anilines is 1. The number of hydrogen-bond donors (Lipinski definition) is 5. The molecule has 2 saturated heterocycles. The van der Waals surface area contributed by atoms with E-state index in [1.165, 1.54) is 0 Å². The molecule has 1 saturated carbocycles. The average Bonchev–Trinajstić information content (AvgIpc) is 3.92. The standard InChI is InChI=1S/C52H49N5O7/c58-28-29-63-37-19-13-18-36(31-37)47-52(38-30-33(22-23-39(38)56-50(52)61)24-27-51(62)25-11-1-2-12-26-51)43(48(59)53-32-42-54-40-20-9-10-21-41(40)55-42)45-49(60)64-46(35-16-7-4-8-17-35)44(57(45)47)34-14-5-3-6-15-34/h3-10,13-23,30-31,43-47,58,62H,1-2,11-12,25-26,28-29,32H2,(H,53,59)(H,54,55)(H,56,61)/t43-,44-,45-,46+,47+,52-/m0/s1. The van der Waals surface area contributed by atoms with Gasteiger partial charge in [-0.2, -0.15) is 0 Å². The number of nitrogens with zero attached hydrogens (tertiary/aromatic N) is 2. The average molecular weight is 856 g/mol. The van der Waals surface area contributed by atoms with Gasteiger partial charge < -0.3 is 35.3 Å². The Labute approximate surface area is 371 Å². The van der Waals surface area contributed by atoms with Crippen LogP contribution in [0.2, 0.25) is 0 Å². The Morgan fingerprint density at radius 3 is 2.31 bits per heavy atom. The molecule has 4 aliphatic rings. The van der Waals surface area contributed by atoms with Crippen LogP contribution in [0.25, 0.3) is 11.0 Å². The summed E-state index contributed by atoms with van der Waals surface area (Å²) in [6.45, 7) is -0.190. The van der Waals surface area contributed by atoms with Crippen LogP contribution in [-0.2, 0) is 31.1 Å². The van der Waals surface area contributed by atoms with Crippen molar-refractivity contribution in [1.29, 1.82) is 0 Å². The summed E-state index contributed by atoms with van der Waals surface area (Å²) in [4.78, 5) is 56.4. The maximum atomic E-state index is 15.6. The number of benzene rings is 5. The lowest BCUT2D eigenvalue weighted by Gasteiger charge is -2.46. The molecule has 4 heterocycles. The predicted octanol–water partition coefficient (Wildman–Crippen LogP) is 6.96. The van der Waals surface area contributed by atoms with Crippen molar-refractivity contribution in [2.75, 3.05) is 18.5 Å². The minimum absolute atomic E-state index is 0.00958. The van der Waals surface area contributed by atoms with Crippen molar-refractivity contribution in [3.8, 4) is 17.6 Å². The third kappa shape index (κ3) is 7.29. The Hall–Kier alpha value is -6.78. The highest BCUT2D eigenvalue weighted by atomic mass is 16.6. The number of esters is 1. The molecule has 1 aromatic heterocycles. The van der Waals surface area contributed by atoms with Crippen LogP contribution in [0.4, 0.5) is 5.69 Å². The van der Waals surface area contributed by atoms with E-state index >= 15 is 14.4 Å². The molecular formula is C52H49N5O7. The molecule has 0 bridgehead atoms. The van der Waals surface area contributed by atoms with Crippen molar-refractivity contribution in [1.82, 2.24) is 20.2 Å². The SMILES string of the molecule is O=C1O[C@H](c2ccccc2)[C@H](c2ccccc2)N2[C@H]1[C@@H](C(=O)NCc1nc3ccccc3[nH]1)[C@]1(C(=O)Nc3ccc(C#CC4(O)CCCCCC4)cc31)[C@H]2c1cccc(OCCO)c1. The van der Waals surface area contributed by atoms with Gasteiger partial charge in [-0.1, -0.05) is 110 Å². The van der Waals surface area contributed by atoms with Gasteiger partial charge in [-0.15, -0.1) is 0 Å². The van der Waals surface area contributed by atoms with E-state index in [1.807, 2.05) is 120 Å². The highest BCUT2D eigenvalue weighted by Gasteiger charge is 2.74. The predicted molar refractivity (Wildman–Crippen MR) is 240 cm³/mol. The summed E-state index contributed by atoms with van der Waals surface area (Å²) >= 11 is 0. The Balaban J connectivity index is 1.20. The van der Waals surface area contributed by atoms with Gasteiger partial charge in [0.2, 0.25) is 11.8 Å². The maximum Gasteiger partial charge on any atom is 0.324 e. The van der Waals surface area contributed by atoms with Gasteiger partial charge in [-0.05, 0) is 90.4 Å². The van der Waals surface area contributed by atoms with E-state index in [2.05, 4.69) is 27.5 Å². The fraction of sp³-hybridized carbons (Fsp3) is 0.308. The second-order valence-electron chi connectivity index (χ2n) is 17.2. The summed E-state index contributed by atoms with van der Waals surface area (Å²) in [5.74, 6) is 4.39. The molecule has 3 fully saturated rings. The molecule has 5 aromatic carbocycles. The Morgan fingerprint density at radius 2 is 1.56 bits per heavy atom. The number of morpholine rings is 1. The third-order valence-electron chi connectivity index (χ3n) is 13.4. The molecule has 6 atom stereocenters. The Morgan fingerprint density at radius 1 is 0.844 bits per heavy atom. The number of para-hydroxylation sites is 2. The first-order valence-electron chi connectivity index (χ1n) is 22.1. The quantitative estimate of drug-likeness (QED) is 0.0588. The minimum Gasteiger partial charge on any atom is -0.491 e. The van der Waals surface area contributed by atoms with Gasteiger partial charge in [0.1, 0.15) is 41.3 Å². The molecule has 1 spiro atoms. The maximum absolute atomic E-state index is 15.6. The second kappa shape index (κ2) is 17.1. The zero-order chi connectivity index (χ0) is 43.8. The molecule has 1 aliphatic carbocycles. The number of amides is 2. The lowest BCUT2D eigenvalue weighted by atomic mass is 9.65. The van der Waals surface area contributed by atoms with Gasteiger partial charge in [0.05, 0.1) is 42.2 Å². The summed E-state index contributed by atoms with van der Waals surface area (Å²) in [7, 11) is 0. The van der Waals surface area contributed by atoms with E-state index in [4.69, 9.17) is 14.5 Å². The lowest BCUT2D eigenvalue weighted by Crippen LogP contribution is -2.54. The van der Waals surface area contributed by atoms with E-state index in [9.17, 15) is 10.2 Å². The molecule has 64 heavy (non-hydrogen) atoms. The second-order valence-corrected chi connectivity index (χ2v) is 17.2. The van der Waals surface area contributed by atoms with Crippen molar-refractivity contribution in [3.05, 3.63) is 161 Å². The van der Waals surface area contributed by atoms with Gasteiger partial charge in [0.25, 0.3) is 0 Å². The summed E-state index contributed by atoms with van der Waals surface area (Å²) in [6.07, 6.45) is 4.15. The topological polar surface area (TPSA) is 166 Å². The van der Waals surface area contributed by atoms with Crippen molar-refractivity contribution in [2.45, 2.75) is 80.3 Å². The molecule has 10 rings (SSSR count). The molecule has 6 aromatic rings. The number of aliphatic hydroxyl groups is 2. The van der Waals surface area contributed by atoms with E-state index in [1.54, 1.807) is 12.1 Å². The number of aromatic amines is 1. The first-order valence-corrected chi connectivity index (χ1v) is 22.1. The number of rotatable bonds is 9. The number of imidazole rings is 1. The van der Waals surface area contributed by atoms with E-state index in [-0.39, 0.29) is 19.8 Å². The number of hydrogen-bond acceptors (Lipinski definition) is 9. The zero-order valence-electron chi connectivity index (χ0n) is 35.2. The van der Waals surface area contributed by atoms with Crippen LogP contribution >= 0.6 is 0 Å². The first kappa shape index (κ1) is 41.2. The van der Waals surface area contributed by atoms with E-state index in [0.29, 0.717) is 46.8 Å². The smallest absolute Gasteiger partial charge is 0.324 e. The summed E-state index contributed by atoms with van der Waals surface area (Å²) in [5, 5.41) is 27.6. The largest absolute Gasteiger partial charge is 0.491 e. The highest BCUT2D eigenvalue weighted by Crippen LogP contribution is 2.65. The van der Waals surface area contributed by atoms with Gasteiger partial charge in [0.15, 0.2) is 0 Å². The summed E-state index contributed by atoms with van der Waals surface area (Å²) in [5.41, 5.74) is 2.35. The Kier molecular flexibility index (Phi) is 11.0. The fourth-order valence-electron chi connectivity index (χ4n) is 10.6. The lowest BCUT2D eigenvalue weighted by molar-refractivity contribution is -0.178. The van der Waals surface area contributed by atoms with Gasteiger partial charge >= 0.3 is 5.97 Å². The van der Waals surface area contributed by atoms with Crippen LogP contribution in [0, 0.1) is 17.8 Å². The van der Waals surface area contributed by atoms with Crippen LogP contribution < -0.4 is 15.4 Å². The van der Waals surface area contributed by atoms with Crippen LogP contribution in [0.5, 0.6) is 5.75 Å². The van der Waals surface area contributed by atoms with Crippen molar-refractivity contribution >= 4 is 34.5 Å². The number of fused-ring (bicyclic) bond motifs is 4. The number of aromatic nitrogens is 2. The number of aliphatic hydroxyl groups excluding tert-OH is 1. The van der Waals surface area contributed by atoms with Crippen LogP contribution in [0.15, 0.2) is 127 Å². The van der Waals surface area contributed by atoms with Gasteiger partial charge in [0, 0.05) is 11.3 Å². The normalized spacial score (nSPS) is 24.8. The highest BCUT2D eigenvalue weighted by molar-refractivity contribution is 6.12. The minimum atomic E-state index is -1.76. The van der Waals surface area contributed by atoms with E-state index in [0.717, 1.165) is 47.8 Å². The van der Waals surface area contributed by atoms with E-state index < -0.39 is 58.9 Å². The molecule has 5 N–H and O–H groups in total. The number of carbonyl (C=O) groups excluding carboxylic acids is 3. The number of ether oxygens (including phenoxy) is 2. The van der Waals surface area contributed by atoms with Gasteiger partial charge in [-0.25, -0.2) is 4.98 Å². The number of nitrogens with one attached hydrogen (secondary N) is 3. The monoisotopic (exact) mass is 855 g/mol. The van der Waals surface area contributed by atoms with Crippen LogP contribution in [0.1, 0.15) is 90.4 Å². The van der Waals surface area contributed by atoms with Crippen LogP contribution in [-0.4, -0.2) is 67.7 Å². The third-order valence-corrected chi connectivity index (χ3v) is 13.4.